The van der Waals surface area contributed by atoms with Crippen LogP contribution in [0.25, 0.3) is 10.4 Å². The molecule has 4 saturated heterocycles. The zero-order chi connectivity index (χ0) is 52.9. The third-order valence-electron chi connectivity index (χ3n) is 14.3. The van der Waals surface area contributed by atoms with Crippen LogP contribution in [0.2, 0.25) is 0 Å². The normalized spacial score (nSPS) is 32.1. The topological polar surface area (TPSA) is 249 Å². The second-order valence-electron chi connectivity index (χ2n) is 19.9. The summed E-state index contributed by atoms with van der Waals surface area (Å²) in [7, 11) is 0. The van der Waals surface area contributed by atoms with Crippen molar-refractivity contribution in [2.75, 3.05) is 19.8 Å². The Morgan fingerprint density at radius 1 is 0.618 bits per heavy atom. The summed E-state index contributed by atoms with van der Waals surface area (Å²) in [5.41, 5.74) is 13.2. The molecule has 0 aromatic heterocycles. The van der Waals surface area contributed by atoms with Crippen molar-refractivity contribution in [3.63, 3.8) is 0 Å². The smallest absolute Gasteiger partial charge is 0.217 e. The molecule has 1 spiro atoms. The highest BCUT2D eigenvalue weighted by molar-refractivity contribution is 5.73. The van der Waals surface area contributed by atoms with E-state index in [1.54, 1.807) is 0 Å². The molecule has 15 atom stereocenters. The predicted octanol–water partition coefficient (Wildman–Crippen LogP) is 5.65. The van der Waals surface area contributed by atoms with Crippen molar-refractivity contribution in [3.8, 4) is 0 Å². The number of nitrogens with one attached hydrogen (secondary N) is 2. The predicted molar refractivity (Wildman–Crippen MR) is 271 cm³/mol. The number of fused-ring (bicyclic) bond motifs is 1. The van der Waals surface area contributed by atoms with E-state index in [1.807, 2.05) is 121 Å². The zero-order valence-corrected chi connectivity index (χ0v) is 42.7. The number of carbonyl (C=O) groups is 2. The SMILES string of the molecule is CC(=O)N[C@@H]1[C@@H](OCc2ccccc2)[C@H](O[C@@H]2O[C@H](COCc3ccccc3)[C@@H](O[C@@H]3O[C@@H]4COC5(CCCCC5)O[C@H]4[C@H](O)[C@@H]3O)[C@H](OCc3ccccc3)[C@H]2NC(C)=O)[C@@H](COCc2ccccc2)O[C@H]1N=[N+]=[N-]. The lowest BCUT2D eigenvalue weighted by molar-refractivity contribution is -0.408. The molecule has 408 valence electrons. The third-order valence-corrected chi connectivity index (χ3v) is 14.3. The molecule has 4 heterocycles. The standard InChI is InChI=1S/C56H69N5O15/c1-35(62)58-44-51(68-30-39-22-12-5-13-23-39)49(41(71-53(44)60-61-57)32-66-28-37-18-8-3-9-19-37)74-54-45(59-36(2)63)52(69-31-40-24-14-6-15-25-40)50(42(72-54)33-67-29-38-20-10-4-11-21-38)75-55-47(65)46(64)48-43(73-55)34-70-56(76-48)26-16-7-17-27-56/h3-6,8-15,18-25,41-55,64-65H,7,16-17,26-34H2,1-2H3,(H,58,62)(H,59,63)/t41-,42-,43-,44-,45-,46-,47+,48-,49-,50-,51-,52-,53-,54+,55+/m1/s1. The van der Waals surface area contributed by atoms with Gasteiger partial charge in [-0.15, -0.1) is 0 Å². The Balaban J connectivity index is 1.08. The maximum absolute atomic E-state index is 13.6. The van der Waals surface area contributed by atoms with Gasteiger partial charge in [0.1, 0.15) is 67.1 Å². The number of hydrogen-bond acceptors (Lipinski definition) is 16. The summed E-state index contributed by atoms with van der Waals surface area (Å²) in [6.07, 6.45) is -11.6. The Morgan fingerprint density at radius 2 is 1.09 bits per heavy atom. The summed E-state index contributed by atoms with van der Waals surface area (Å²) in [6, 6.07) is 35.5. The van der Waals surface area contributed by atoms with Crippen molar-refractivity contribution in [2.24, 2.45) is 5.11 Å². The number of benzene rings is 4. The van der Waals surface area contributed by atoms with Gasteiger partial charge in [0.15, 0.2) is 24.6 Å². The maximum Gasteiger partial charge on any atom is 0.217 e. The highest BCUT2D eigenvalue weighted by Gasteiger charge is 2.58. The average molecular weight is 1050 g/mol. The highest BCUT2D eigenvalue weighted by Crippen LogP contribution is 2.42. The maximum atomic E-state index is 13.6. The van der Waals surface area contributed by atoms with Crippen LogP contribution < -0.4 is 10.6 Å². The fourth-order valence-electron chi connectivity index (χ4n) is 10.6. The highest BCUT2D eigenvalue weighted by atomic mass is 16.8. The van der Waals surface area contributed by atoms with Gasteiger partial charge in [-0.3, -0.25) is 9.59 Å². The molecule has 4 aliphatic heterocycles. The molecule has 76 heavy (non-hydrogen) atoms. The summed E-state index contributed by atoms with van der Waals surface area (Å²) in [5.74, 6) is -1.82. The number of azide groups is 1. The van der Waals surface area contributed by atoms with Gasteiger partial charge in [0.2, 0.25) is 11.8 Å². The van der Waals surface area contributed by atoms with Crippen LogP contribution in [0, 0.1) is 0 Å². The Kier molecular flexibility index (Phi) is 19.5. The molecule has 1 aliphatic carbocycles. The van der Waals surface area contributed by atoms with Gasteiger partial charge in [0.25, 0.3) is 0 Å². The number of carbonyl (C=O) groups excluding carboxylic acids is 2. The molecular weight excluding hydrogens is 983 g/mol. The molecule has 4 aromatic rings. The van der Waals surface area contributed by atoms with E-state index in [4.69, 9.17) is 52.1 Å². The van der Waals surface area contributed by atoms with Gasteiger partial charge in [-0.25, -0.2) is 0 Å². The van der Waals surface area contributed by atoms with E-state index < -0.39 is 110 Å². The number of nitrogens with zero attached hydrogens (tertiary/aromatic N) is 3. The number of amides is 2. The van der Waals surface area contributed by atoms with Gasteiger partial charge in [0.05, 0.1) is 52.3 Å². The number of aliphatic hydroxyl groups is 2. The first kappa shape index (κ1) is 55.4. The van der Waals surface area contributed by atoms with Gasteiger partial charge in [-0.1, -0.05) is 133 Å². The van der Waals surface area contributed by atoms with Crippen molar-refractivity contribution in [3.05, 3.63) is 154 Å². The van der Waals surface area contributed by atoms with Crippen LogP contribution >= 0.6 is 0 Å². The second kappa shape index (κ2) is 26.8. The molecule has 0 unspecified atom stereocenters. The van der Waals surface area contributed by atoms with Crippen molar-refractivity contribution in [1.82, 2.24) is 10.6 Å². The summed E-state index contributed by atoms with van der Waals surface area (Å²) in [4.78, 5) is 29.7. The van der Waals surface area contributed by atoms with Gasteiger partial charge >= 0.3 is 0 Å². The number of hydrogen-bond donors (Lipinski definition) is 4. The molecule has 20 nitrogen and oxygen atoms in total. The first-order valence-electron chi connectivity index (χ1n) is 26.1. The van der Waals surface area contributed by atoms with Crippen LogP contribution in [-0.4, -0.2) is 140 Å². The van der Waals surface area contributed by atoms with Gasteiger partial charge < -0.3 is 73.0 Å². The van der Waals surface area contributed by atoms with Gasteiger partial charge in [-0.2, -0.15) is 0 Å². The second-order valence-corrected chi connectivity index (χ2v) is 19.9. The largest absolute Gasteiger partial charge is 0.387 e. The zero-order valence-electron chi connectivity index (χ0n) is 42.7. The molecule has 5 fully saturated rings. The Hall–Kier alpha value is -5.39. The molecule has 0 radical (unpaired) electrons. The van der Waals surface area contributed by atoms with Gasteiger partial charge in [-0.05, 0) is 40.6 Å². The summed E-state index contributed by atoms with van der Waals surface area (Å²) in [5, 5.41) is 33.6. The van der Waals surface area contributed by atoms with E-state index in [0.29, 0.717) is 12.8 Å². The monoisotopic (exact) mass is 1050 g/mol. The molecule has 20 heteroatoms. The Labute approximate surface area is 442 Å². The van der Waals surface area contributed by atoms with Crippen LogP contribution in [-0.2, 0) is 88.1 Å². The van der Waals surface area contributed by atoms with Crippen LogP contribution in [0.15, 0.2) is 126 Å². The Morgan fingerprint density at radius 3 is 1.61 bits per heavy atom. The van der Waals surface area contributed by atoms with Crippen molar-refractivity contribution in [2.45, 2.75) is 170 Å². The van der Waals surface area contributed by atoms with E-state index in [-0.39, 0.29) is 46.2 Å². The number of aliphatic hydroxyl groups excluding tert-OH is 2. The molecule has 2 amide bonds. The van der Waals surface area contributed by atoms with E-state index >= 15 is 0 Å². The fourth-order valence-corrected chi connectivity index (χ4v) is 10.6. The van der Waals surface area contributed by atoms with E-state index in [0.717, 1.165) is 41.5 Å². The molecule has 1 saturated carbocycles. The van der Waals surface area contributed by atoms with Crippen molar-refractivity contribution < 1.29 is 71.9 Å². The van der Waals surface area contributed by atoms with Crippen molar-refractivity contribution in [1.29, 1.82) is 0 Å². The van der Waals surface area contributed by atoms with E-state index in [9.17, 15) is 25.3 Å². The first-order valence-corrected chi connectivity index (χ1v) is 26.1. The molecule has 5 aliphatic rings. The third kappa shape index (κ3) is 14.2. The quantitative estimate of drug-likeness (QED) is 0.0447. The summed E-state index contributed by atoms with van der Waals surface area (Å²) < 4.78 is 73.2. The Bertz CT molecular complexity index is 2470. The van der Waals surface area contributed by atoms with Crippen LogP contribution in [0.3, 0.4) is 0 Å². The number of ether oxygens (including phenoxy) is 11. The van der Waals surface area contributed by atoms with Crippen LogP contribution in [0.1, 0.15) is 68.2 Å². The molecule has 4 aromatic carbocycles. The van der Waals surface area contributed by atoms with Crippen molar-refractivity contribution >= 4 is 11.8 Å². The molecule has 0 bridgehead atoms. The lowest BCUT2D eigenvalue weighted by Crippen LogP contribution is -2.71. The molecule has 9 rings (SSSR count). The lowest BCUT2D eigenvalue weighted by atomic mass is 9.90. The van der Waals surface area contributed by atoms with E-state index in [1.165, 1.54) is 13.8 Å². The molecular formula is C56H69N5O15. The lowest BCUT2D eigenvalue weighted by Gasteiger charge is -2.53. The average Bonchev–Trinajstić information content (AvgIpc) is 3.43. The van der Waals surface area contributed by atoms with Gasteiger partial charge in [0, 0.05) is 31.6 Å². The molecule has 4 N–H and O–H groups in total. The first-order chi connectivity index (χ1) is 37.1. The summed E-state index contributed by atoms with van der Waals surface area (Å²) in [6.45, 7) is 2.88. The van der Waals surface area contributed by atoms with Crippen LogP contribution in [0.4, 0.5) is 0 Å². The fraction of sp³-hybridized carbons (Fsp3) is 0.536. The minimum Gasteiger partial charge on any atom is -0.387 e. The minimum atomic E-state index is -1.61. The summed E-state index contributed by atoms with van der Waals surface area (Å²) >= 11 is 0. The van der Waals surface area contributed by atoms with E-state index in [2.05, 4.69) is 20.7 Å². The van der Waals surface area contributed by atoms with Crippen LogP contribution in [0.5, 0.6) is 0 Å². The number of rotatable bonds is 21. The minimum absolute atomic E-state index is 0.0146.